The summed E-state index contributed by atoms with van der Waals surface area (Å²) in [6.07, 6.45) is 3.05. The van der Waals surface area contributed by atoms with Crippen molar-refractivity contribution in [3.05, 3.63) is 71.9 Å². The van der Waals surface area contributed by atoms with Crippen LogP contribution >= 0.6 is 0 Å². The number of aliphatic hydroxyl groups excluding tert-OH is 1. The molecule has 37 heavy (non-hydrogen) atoms. The summed E-state index contributed by atoms with van der Waals surface area (Å²) in [4.78, 5) is 9.58. The molecule has 190 valence electrons. The lowest BCUT2D eigenvalue weighted by molar-refractivity contribution is 0.0997. The lowest BCUT2D eigenvalue weighted by Gasteiger charge is -2.13. The third kappa shape index (κ3) is 5.07. The maximum absolute atomic E-state index is 10.5. The normalized spacial score (nSPS) is 13.1. The highest BCUT2D eigenvalue weighted by Crippen LogP contribution is 2.31. The van der Waals surface area contributed by atoms with Crippen molar-refractivity contribution in [3.8, 4) is 17.1 Å². The Hall–Kier alpha value is -4.15. The van der Waals surface area contributed by atoms with Gasteiger partial charge in [-0.25, -0.2) is 9.97 Å². The van der Waals surface area contributed by atoms with Gasteiger partial charge in [0.2, 0.25) is 0 Å². The van der Waals surface area contributed by atoms with Gasteiger partial charge in [-0.15, -0.1) is 5.10 Å². The number of ether oxygens (including phenoxy) is 1. The van der Waals surface area contributed by atoms with Crippen LogP contribution in [-0.4, -0.2) is 52.8 Å². The topological polar surface area (TPSA) is 116 Å². The number of benzene rings is 1. The molecule has 0 fully saturated rings. The fourth-order valence-electron chi connectivity index (χ4n) is 4.21. The van der Waals surface area contributed by atoms with Crippen LogP contribution < -0.4 is 5.32 Å². The SMILES string of the molecule is COC(C)Cn1cc(-c2nc(-n3cnc4cc(Nc5ccc(C)nn5)ccc43)ccc2C(C)O)c(C)n1. The molecule has 10 nitrogen and oxygen atoms in total. The molecule has 0 bridgehead atoms. The van der Waals surface area contributed by atoms with Crippen LogP contribution in [0, 0.1) is 13.8 Å². The zero-order valence-corrected chi connectivity index (χ0v) is 21.5. The summed E-state index contributed by atoms with van der Waals surface area (Å²) < 4.78 is 9.19. The Morgan fingerprint density at radius 3 is 2.62 bits per heavy atom. The number of rotatable bonds is 8. The molecule has 0 amide bonds. The molecular formula is C27H30N8O2. The fraction of sp³-hybridized carbons (Fsp3) is 0.296. The van der Waals surface area contributed by atoms with E-state index < -0.39 is 6.10 Å². The Kier molecular flexibility index (Phi) is 6.68. The van der Waals surface area contributed by atoms with Crippen molar-refractivity contribution >= 4 is 22.5 Å². The van der Waals surface area contributed by atoms with Gasteiger partial charge in [0.15, 0.2) is 5.82 Å². The van der Waals surface area contributed by atoms with Crippen LogP contribution in [-0.2, 0) is 11.3 Å². The molecule has 0 spiro atoms. The first kappa shape index (κ1) is 24.5. The van der Waals surface area contributed by atoms with Crippen molar-refractivity contribution in [2.75, 3.05) is 12.4 Å². The second-order valence-electron chi connectivity index (χ2n) is 9.18. The number of hydrogen-bond acceptors (Lipinski definition) is 8. The van der Waals surface area contributed by atoms with E-state index in [1.165, 1.54) is 0 Å². The Morgan fingerprint density at radius 1 is 1.05 bits per heavy atom. The predicted octanol–water partition coefficient (Wildman–Crippen LogP) is 4.52. The quantitative estimate of drug-likeness (QED) is 0.321. The average Bonchev–Trinajstić information content (AvgIpc) is 3.47. The van der Waals surface area contributed by atoms with Gasteiger partial charge in [-0.2, -0.15) is 10.2 Å². The van der Waals surface area contributed by atoms with E-state index in [-0.39, 0.29) is 6.10 Å². The van der Waals surface area contributed by atoms with Crippen LogP contribution in [0.4, 0.5) is 11.5 Å². The second-order valence-corrected chi connectivity index (χ2v) is 9.18. The summed E-state index contributed by atoms with van der Waals surface area (Å²) in [5.41, 5.74) is 6.58. The Morgan fingerprint density at radius 2 is 1.89 bits per heavy atom. The smallest absolute Gasteiger partial charge is 0.153 e. The summed E-state index contributed by atoms with van der Waals surface area (Å²) in [7, 11) is 1.68. The molecule has 5 aromatic rings. The first-order chi connectivity index (χ1) is 17.8. The highest BCUT2D eigenvalue weighted by atomic mass is 16.5. The fourth-order valence-corrected chi connectivity index (χ4v) is 4.21. The van der Waals surface area contributed by atoms with Crippen LogP contribution in [0.1, 0.15) is 36.9 Å². The second kappa shape index (κ2) is 10.1. The van der Waals surface area contributed by atoms with Gasteiger partial charge in [0.1, 0.15) is 12.1 Å². The number of fused-ring (bicyclic) bond motifs is 1. The summed E-state index contributed by atoms with van der Waals surface area (Å²) in [5, 5.41) is 26.6. The number of nitrogens with one attached hydrogen (secondary N) is 1. The monoisotopic (exact) mass is 498 g/mol. The first-order valence-corrected chi connectivity index (χ1v) is 12.1. The maximum atomic E-state index is 10.5. The van der Waals surface area contributed by atoms with Crippen molar-refractivity contribution in [3.63, 3.8) is 0 Å². The van der Waals surface area contributed by atoms with E-state index >= 15 is 0 Å². The molecular weight excluding hydrogens is 468 g/mol. The number of methoxy groups -OCH3 is 1. The van der Waals surface area contributed by atoms with Crippen molar-refractivity contribution in [2.24, 2.45) is 0 Å². The predicted molar refractivity (Wildman–Crippen MR) is 142 cm³/mol. The van der Waals surface area contributed by atoms with Gasteiger partial charge >= 0.3 is 0 Å². The van der Waals surface area contributed by atoms with Crippen LogP contribution in [0.3, 0.4) is 0 Å². The van der Waals surface area contributed by atoms with Gasteiger partial charge in [0.05, 0.1) is 46.9 Å². The average molecular weight is 499 g/mol. The Balaban J connectivity index is 1.51. The lowest BCUT2D eigenvalue weighted by atomic mass is 10.0. The number of hydrogen-bond donors (Lipinski definition) is 2. The number of aromatic nitrogens is 7. The molecule has 4 heterocycles. The minimum atomic E-state index is -0.685. The highest BCUT2D eigenvalue weighted by Gasteiger charge is 2.19. The van der Waals surface area contributed by atoms with Gasteiger partial charge in [-0.05, 0) is 64.1 Å². The van der Waals surface area contributed by atoms with Crippen molar-refractivity contribution < 1.29 is 9.84 Å². The largest absolute Gasteiger partial charge is 0.389 e. The minimum Gasteiger partial charge on any atom is -0.389 e. The van der Waals surface area contributed by atoms with E-state index in [4.69, 9.17) is 9.72 Å². The Bertz CT molecular complexity index is 1540. The standard InChI is InChI=1S/C27H30N8O2/c1-16-6-10-25(32-31-16)29-20-7-9-24-23(12-20)28-15-35(24)26-11-8-21(19(4)36)27(30-26)22-14-34(33-18(22)3)13-17(2)37-5/h6-12,14-15,17,19,36H,13H2,1-5H3,(H,29,32). The van der Waals surface area contributed by atoms with Gasteiger partial charge < -0.3 is 15.2 Å². The van der Waals surface area contributed by atoms with Crippen LogP contribution in [0.5, 0.6) is 0 Å². The summed E-state index contributed by atoms with van der Waals surface area (Å²) in [6.45, 7) is 8.21. The maximum Gasteiger partial charge on any atom is 0.153 e. The number of nitrogens with zero attached hydrogens (tertiary/aromatic N) is 7. The summed E-state index contributed by atoms with van der Waals surface area (Å²) in [5.74, 6) is 1.37. The summed E-state index contributed by atoms with van der Waals surface area (Å²) in [6, 6.07) is 13.5. The molecule has 2 atom stereocenters. The van der Waals surface area contributed by atoms with Crippen LogP contribution in [0.25, 0.3) is 28.1 Å². The Labute approximate surface area is 215 Å². The molecule has 4 aromatic heterocycles. The van der Waals surface area contributed by atoms with Gasteiger partial charge in [0.25, 0.3) is 0 Å². The number of imidazole rings is 1. The number of aryl methyl sites for hydroxylation is 2. The zero-order chi connectivity index (χ0) is 26.1. The van der Waals surface area contributed by atoms with Crippen molar-refractivity contribution in [1.82, 2.24) is 34.5 Å². The third-order valence-electron chi connectivity index (χ3n) is 6.27. The lowest BCUT2D eigenvalue weighted by Crippen LogP contribution is -2.14. The zero-order valence-electron chi connectivity index (χ0n) is 21.5. The number of aliphatic hydroxyl groups is 1. The minimum absolute atomic E-state index is 0.0254. The van der Waals surface area contributed by atoms with Gasteiger partial charge in [-0.1, -0.05) is 6.07 Å². The third-order valence-corrected chi connectivity index (χ3v) is 6.27. The molecule has 0 aliphatic heterocycles. The molecule has 2 N–H and O–H groups in total. The van der Waals surface area contributed by atoms with Crippen molar-refractivity contribution in [1.29, 1.82) is 0 Å². The first-order valence-electron chi connectivity index (χ1n) is 12.1. The molecule has 1 aromatic carbocycles. The molecule has 10 heteroatoms. The number of anilines is 2. The molecule has 0 aliphatic carbocycles. The van der Waals surface area contributed by atoms with E-state index in [0.29, 0.717) is 23.9 Å². The van der Waals surface area contributed by atoms with E-state index in [0.717, 1.165) is 39.2 Å². The summed E-state index contributed by atoms with van der Waals surface area (Å²) >= 11 is 0. The number of pyridine rings is 1. The molecule has 0 aliphatic rings. The molecule has 2 unspecified atom stereocenters. The van der Waals surface area contributed by atoms with E-state index in [1.54, 1.807) is 20.4 Å². The molecule has 0 saturated heterocycles. The van der Waals surface area contributed by atoms with Gasteiger partial charge in [-0.3, -0.25) is 9.25 Å². The van der Waals surface area contributed by atoms with E-state index in [1.807, 2.05) is 78.7 Å². The van der Waals surface area contributed by atoms with Gasteiger partial charge in [0, 0.05) is 30.1 Å². The van der Waals surface area contributed by atoms with Crippen LogP contribution in [0.15, 0.2) is 55.0 Å². The molecule has 0 saturated carbocycles. The van der Waals surface area contributed by atoms with E-state index in [2.05, 4.69) is 25.6 Å². The van der Waals surface area contributed by atoms with E-state index in [9.17, 15) is 5.11 Å². The highest BCUT2D eigenvalue weighted by molar-refractivity contribution is 5.82. The van der Waals surface area contributed by atoms with Crippen molar-refractivity contribution in [2.45, 2.75) is 46.4 Å². The molecule has 0 radical (unpaired) electrons. The van der Waals surface area contributed by atoms with Crippen LogP contribution in [0.2, 0.25) is 0 Å². The molecule has 5 rings (SSSR count).